The molecule has 1 aromatic carbocycles. The van der Waals surface area contributed by atoms with E-state index in [2.05, 4.69) is 15.3 Å². The predicted octanol–water partition coefficient (Wildman–Crippen LogP) is 3.79. The van der Waals surface area contributed by atoms with Crippen LogP contribution in [0.25, 0.3) is 16.2 Å². The Hall–Kier alpha value is -2.55. The number of halogens is 1. The third-order valence-corrected chi connectivity index (χ3v) is 5.32. The van der Waals surface area contributed by atoms with Gasteiger partial charge in [-0.25, -0.2) is 9.97 Å². The van der Waals surface area contributed by atoms with E-state index in [4.69, 9.17) is 11.6 Å². The van der Waals surface area contributed by atoms with Crippen LogP contribution in [0.3, 0.4) is 0 Å². The van der Waals surface area contributed by atoms with Crippen molar-refractivity contribution < 1.29 is 4.79 Å². The van der Waals surface area contributed by atoms with Crippen LogP contribution < -0.4 is 10.9 Å². The molecular weight excluding hydrogens is 380 g/mol. The molecule has 25 heavy (non-hydrogen) atoms. The predicted molar refractivity (Wildman–Crippen MR) is 99.9 cm³/mol. The average Bonchev–Trinajstić information content (AvgIpc) is 3.25. The number of nitrogens with one attached hydrogen (secondary N) is 1. The van der Waals surface area contributed by atoms with Gasteiger partial charge in [-0.2, -0.15) is 0 Å². The lowest BCUT2D eigenvalue weighted by Gasteiger charge is -2.02. The largest absolute Gasteiger partial charge is 0.298 e. The third-order valence-electron chi connectivity index (χ3n) is 3.46. The number of fused-ring (bicyclic) bond motifs is 1. The molecule has 0 saturated heterocycles. The van der Waals surface area contributed by atoms with E-state index in [1.165, 1.54) is 33.3 Å². The maximum atomic E-state index is 12.4. The zero-order valence-electron chi connectivity index (χ0n) is 12.5. The summed E-state index contributed by atoms with van der Waals surface area (Å²) in [6, 6.07) is 7.32. The first-order valence-electron chi connectivity index (χ1n) is 7.10. The highest BCUT2D eigenvalue weighted by molar-refractivity contribution is 7.15. The summed E-state index contributed by atoms with van der Waals surface area (Å²) < 4.78 is 1.34. The molecule has 4 aromatic rings. The highest BCUT2D eigenvalue weighted by atomic mass is 35.5. The number of hydrogen-bond donors (Lipinski definition) is 1. The van der Waals surface area contributed by atoms with Crippen LogP contribution in [0.2, 0.25) is 5.02 Å². The van der Waals surface area contributed by atoms with Crippen LogP contribution in [0.15, 0.2) is 52.2 Å². The molecule has 1 amide bonds. The number of rotatable bonds is 3. The summed E-state index contributed by atoms with van der Waals surface area (Å²) in [6.07, 6.45) is 2.87. The van der Waals surface area contributed by atoms with Crippen LogP contribution in [0.1, 0.15) is 10.4 Å². The fourth-order valence-corrected chi connectivity index (χ4v) is 3.88. The second-order valence-electron chi connectivity index (χ2n) is 5.00. The van der Waals surface area contributed by atoms with Gasteiger partial charge >= 0.3 is 0 Å². The Labute approximate surface area is 154 Å². The SMILES string of the molecule is O=C(Nc1nc(-c2ccccc2Cl)cs1)c1cnc2sccn2c1=O. The highest BCUT2D eigenvalue weighted by Crippen LogP contribution is 2.30. The van der Waals surface area contributed by atoms with Gasteiger partial charge in [0, 0.05) is 33.7 Å². The molecule has 0 radical (unpaired) electrons. The van der Waals surface area contributed by atoms with Gasteiger partial charge in [-0.3, -0.25) is 19.3 Å². The van der Waals surface area contributed by atoms with Crippen molar-refractivity contribution in [2.75, 3.05) is 5.32 Å². The number of carbonyl (C=O) groups excluding carboxylic acids is 1. The van der Waals surface area contributed by atoms with Gasteiger partial charge in [0.2, 0.25) is 0 Å². The maximum absolute atomic E-state index is 12.4. The van der Waals surface area contributed by atoms with Gasteiger partial charge in [-0.15, -0.1) is 22.7 Å². The molecule has 0 aliphatic heterocycles. The molecule has 0 fully saturated rings. The highest BCUT2D eigenvalue weighted by Gasteiger charge is 2.16. The van der Waals surface area contributed by atoms with Crippen LogP contribution in [0.4, 0.5) is 5.13 Å². The number of nitrogens with zero attached hydrogens (tertiary/aromatic N) is 3. The van der Waals surface area contributed by atoms with E-state index < -0.39 is 11.5 Å². The number of benzene rings is 1. The first-order chi connectivity index (χ1) is 12.1. The van der Waals surface area contributed by atoms with Crippen molar-refractivity contribution in [1.29, 1.82) is 0 Å². The van der Waals surface area contributed by atoms with Gasteiger partial charge in [0.1, 0.15) is 5.56 Å². The second kappa shape index (κ2) is 6.40. The fraction of sp³-hybridized carbons (Fsp3) is 0. The van der Waals surface area contributed by atoms with Crippen molar-refractivity contribution in [2.45, 2.75) is 0 Å². The molecule has 124 valence electrons. The lowest BCUT2D eigenvalue weighted by atomic mass is 10.2. The quantitative estimate of drug-likeness (QED) is 0.579. The molecule has 1 N–H and O–H groups in total. The molecule has 0 spiro atoms. The molecule has 0 bridgehead atoms. The van der Waals surface area contributed by atoms with Crippen molar-refractivity contribution in [3.8, 4) is 11.3 Å². The molecule has 0 aliphatic rings. The molecule has 0 atom stereocenters. The van der Waals surface area contributed by atoms with Crippen molar-refractivity contribution in [3.63, 3.8) is 0 Å². The monoisotopic (exact) mass is 388 g/mol. The smallest absolute Gasteiger partial charge is 0.271 e. The molecule has 9 heteroatoms. The number of thiazole rings is 2. The van der Waals surface area contributed by atoms with E-state index in [1.807, 2.05) is 18.2 Å². The Balaban J connectivity index is 1.62. The van der Waals surface area contributed by atoms with Crippen LogP contribution >= 0.6 is 34.3 Å². The van der Waals surface area contributed by atoms with E-state index in [1.54, 1.807) is 23.0 Å². The van der Waals surface area contributed by atoms with Crippen LogP contribution in [0.5, 0.6) is 0 Å². The van der Waals surface area contributed by atoms with Gasteiger partial charge in [0.05, 0.1) is 5.69 Å². The number of carbonyl (C=O) groups is 1. The number of aromatic nitrogens is 3. The van der Waals surface area contributed by atoms with Crippen molar-refractivity contribution >= 4 is 50.3 Å². The average molecular weight is 389 g/mol. The summed E-state index contributed by atoms with van der Waals surface area (Å²) in [5.74, 6) is -0.543. The number of amides is 1. The standard InChI is InChI=1S/C16H9ClN4O2S2/c17-11-4-2-1-3-9(11)12-8-25-15(19-12)20-13(22)10-7-18-16-21(14(10)23)5-6-24-16/h1-8H,(H,19,20,22). The van der Waals surface area contributed by atoms with Crippen LogP contribution in [0, 0.1) is 0 Å². The zero-order valence-corrected chi connectivity index (χ0v) is 14.9. The second-order valence-corrected chi connectivity index (χ2v) is 7.14. The molecule has 6 nitrogen and oxygen atoms in total. The van der Waals surface area contributed by atoms with Crippen molar-refractivity contribution in [3.05, 3.63) is 68.4 Å². The summed E-state index contributed by atoms with van der Waals surface area (Å²) in [5.41, 5.74) is 0.994. The van der Waals surface area contributed by atoms with E-state index in [0.29, 0.717) is 20.8 Å². The molecular formula is C16H9ClN4O2S2. The summed E-state index contributed by atoms with van der Waals surface area (Å²) in [6.45, 7) is 0. The fourth-order valence-electron chi connectivity index (χ4n) is 2.27. The Kier molecular flexibility index (Phi) is 4.08. The molecule has 0 unspecified atom stereocenters. The van der Waals surface area contributed by atoms with E-state index in [9.17, 15) is 9.59 Å². The molecule has 4 rings (SSSR count). The molecule has 0 saturated carbocycles. The van der Waals surface area contributed by atoms with E-state index in [0.717, 1.165) is 5.56 Å². The maximum Gasteiger partial charge on any atom is 0.271 e. The third kappa shape index (κ3) is 2.95. The van der Waals surface area contributed by atoms with E-state index in [-0.39, 0.29) is 5.56 Å². The first-order valence-corrected chi connectivity index (χ1v) is 9.24. The number of anilines is 1. The number of hydrogen-bond acceptors (Lipinski definition) is 6. The van der Waals surface area contributed by atoms with Gasteiger partial charge in [0.25, 0.3) is 11.5 Å². The minimum Gasteiger partial charge on any atom is -0.298 e. The normalized spacial score (nSPS) is 10.9. The van der Waals surface area contributed by atoms with Crippen LogP contribution in [-0.4, -0.2) is 20.3 Å². The topological polar surface area (TPSA) is 76.4 Å². The van der Waals surface area contributed by atoms with Gasteiger partial charge in [-0.05, 0) is 6.07 Å². The summed E-state index contributed by atoms with van der Waals surface area (Å²) in [7, 11) is 0. The summed E-state index contributed by atoms with van der Waals surface area (Å²) in [5, 5.41) is 7.14. The molecule has 3 aromatic heterocycles. The molecule has 3 heterocycles. The van der Waals surface area contributed by atoms with Gasteiger partial charge < -0.3 is 0 Å². The van der Waals surface area contributed by atoms with Gasteiger partial charge in [-0.1, -0.05) is 29.8 Å². The molecule has 0 aliphatic carbocycles. The Morgan fingerprint density at radius 1 is 1.24 bits per heavy atom. The first kappa shape index (κ1) is 15.9. The lowest BCUT2D eigenvalue weighted by Crippen LogP contribution is -2.25. The van der Waals surface area contributed by atoms with E-state index >= 15 is 0 Å². The minimum absolute atomic E-state index is 0.0367. The summed E-state index contributed by atoms with van der Waals surface area (Å²) >= 11 is 8.74. The lowest BCUT2D eigenvalue weighted by molar-refractivity contribution is 0.102. The Bertz CT molecular complexity index is 1150. The Morgan fingerprint density at radius 3 is 2.92 bits per heavy atom. The van der Waals surface area contributed by atoms with Crippen molar-refractivity contribution in [2.24, 2.45) is 0 Å². The minimum atomic E-state index is -0.543. The summed E-state index contributed by atoms with van der Waals surface area (Å²) in [4.78, 5) is 33.7. The van der Waals surface area contributed by atoms with Gasteiger partial charge in [0.15, 0.2) is 10.1 Å². The van der Waals surface area contributed by atoms with Crippen molar-refractivity contribution in [1.82, 2.24) is 14.4 Å². The zero-order chi connectivity index (χ0) is 17.4. The Morgan fingerprint density at radius 2 is 2.08 bits per heavy atom. The van der Waals surface area contributed by atoms with Crippen LogP contribution in [-0.2, 0) is 0 Å².